The van der Waals surface area contributed by atoms with Crippen LogP contribution >= 0.6 is 0 Å². The molecule has 0 aromatic carbocycles. The van der Waals surface area contributed by atoms with Crippen LogP contribution in [0.4, 0.5) is 13.2 Å². The van der Waals surface area contributed by atoms with Gasteiger partial charge in [0.05, 0.1) is 0 Å². The van der Waals surface area contributed by atoms with Gasteiger partial charge in [-0.15, -0.1) is 13.2 Å². The van der Waals surface area contributed by atoms with Gasteiger partial charge in [-0.3, -0.25) is 0 Å². The van der Waals surface area contributed by atoms with Crippen molar-refractivity contribution >= 4 is 0 Å². The van der Waals surface area contributed by atoms with Crippen LogP contribution in [0.2, 0.25) is 0 Å². The first kappa shape index (κ1) is 8.10. The summed E-state index contributed by atoms with van der Waals surface area (Å²) in [6.45, 7) is 1.71. The molecule has 0 atom stereocenters. The normalized spacial score (nSPS) is 12.0. The van der Waals surface area contributed by atoms with E-state index in [2.05, 4.69) is 11.3 Å². The van der Waals surface area contributed by atoms with E-state index in [-0.39, 0.29) is 4.68 Å². The lowest BCUT2D eigenvalue weighted by Gasteiger charge is -2.02. The highest BCUT2D eigenvalue weighted by Gasteiger charge is 2.31. The molecule has 0 fully saturated rings. The molecule has 2 radical (unpaired) electrons. The van der Waals surface area contributed by atoms with Crippen molar-refractivity contribution in [2.24, 2.45) is 0 Å². The minimum Gasteiger partial charge on any atom is -0.168 e. The quantitative estimate of drug-likeness (QED) is 0.612. The van der Waals surface area contributed by atoms with Crippen molar-refractivity contribution in [3.05, 3.63) is 18.0 Å². The molecule has 1 aromatic rings. The van der Waals surface area contributed by atoms with Gasteiger partial charge in [0.1, 0.15) is 12.4 Å². The third kappa shape index (κ3) is 1.72. The Balaban J connectivity index is 2.89. The van der Waals surface area contributed by atoms with Gasteiger partial charge in [-0.2, -0.15) is 9.78 Å². The molecule has 0 N–H and O–H groups in total. The van der Waals surface area contributed by atoms with Gasteiger partial charge in [0.2, 0.25) is 0 Å². The Morgan fingerprint density at radius 1 is 1.55 bits per heavy atom. The van der Waals surface area contributed by atoms with E-state index in [1.807, 2.05) is 6.20 Å². The Bertz CT molecular complexity index is 238. The van der Waals surface area contributed by atoms with Crippen molar-refractivity contribution in [2.75, 3.05) is 0 Å². The molecule has 0 spiro atoms. The number of nitrogens with zero attached hydrogens (tertiary/aromatic N) is 2. The fraction of sp³-hybridized carbons (Fsp3) is 0.500. The van der Waals surface area contributed by atoms with Crippen LogP contribution in [0.3, 0.4) is 0 Å². The van der Waals surface area contributed by atoms with Crippen molar-refractivity contribution < 1.29 is 13.2 Å². The van der Waals surface area contributed by atoms with E-state index in [0.29, 0.717) is 12.0 Å². The van der Waals surface area contributed by atoms with Gasteiger partial charge in [-0.05, 0) is 6.42 Å². The van der Waals surface area contributed by atoms with Crippen LogP contribution in [-0.4, -0.2) is 9.78 Å². The number of rotatable bonds is 1. The van der Waals surface area contributed by atoms with Crippen LogP contribution in [0.15, 0.2) is 0 Å². The summed E-state index contributed by atoms with van der Waals surface area (Å²) < 4.78 is 35.2. The summed E-state index contributed by atoms with van der Waals surface area (Å²) in [5, 5.41) is 2.97. The number of aromatic nitrogens is 2. The molecule has 0 aliphatic rings. The summed E-state index contributed by atoms with van der Waals surface area (Å²) in [5.74, 6) is 0. The van der Waals surface area contributed by atoms with Crippen molar-refractivity contribution in [2.45, 2.75) is 19.6 Å². The molecule has 1 heterocycles. The van der Waals surface area contributed by atoms with E-state index in [9.17, 15) is 13.2 Å². The van der Waals surface area contributed by atoms with Gasteiger partial charge in [0, 0.05) is 5.56 Å². The lowest BCUT2D eigenvalue weighted by molar-refractivity contribution is -0.212. The Morgan fingerprint density at radius 2 is 2.18 bits per heavy atom. The molecule has 2 nitrogen and oxygen atoms in total. The zero-order valence-electron chi connectivity index (χ0n) is 5.74. The van der Waals surface area contributed by atoms with Crippen LogP contribution in [0.25, 0.3) is 0 Å². The molecule has 0 amide bonds. The maximum Gasteiger partial charge on any atom is 0.505 e. The number of hydrogen-bond acceptors (Lipinski definition) is 1. The second-order valence-corrected chi connectivity index (χ2v) is 1.94. The van der Waals surface area contributed by atoms with Crippen molar-refractivity contribution in [1.82, 2.24) is 9.78 Å². The monoisotopic (exact) mass is 162 g/mol. The van der Waals surface area contributed by atoms with Crippen LogP contribution < -0.4 is 0 Å². The molecule has 0 aliphatic heterocycles. The number of halogens is 3. The highest BCUT2D eigenvalue weighted by Crippen LogP contribution is 2.20. The van der Waals surface area contributed by atoms with Crippen molar-refractivity contribution in [3.63, 3.8) is 0 Å². The van der Waals surface area contributed by atoms with Crippen LogP contribution in [0, 0.1) is 12.4 Å². The maximum atomic E-state index is 11.8. The fourth-order valence-electron chi connectivity index (χ4n) is 0.566. The number of hydrogen-bond donors (Lipinski definition) is 0. The molecule has 1 aromatic heterocycles. The van der Waals surface area contributed by atoms with Crippen molar-refractivity contribution in [3.8, 4) is 0 Å². The van der Waals surface area contributed by atoms with E-state index in [1.54, 1.807) is 6.92 Å². The van der Waals surface area contributed by atoms with Gasteiger partial charge < -0.3 is 0 Å². The predicted octanol–water partition coefficient (Wildman–Crippen LogP) is 1.52. The minimum absolute atomic E-state index is 0.175. The number of alkyl halides is 3. The lowest BCUT2D eigenvalue weighted by atomic mass is 10.3. The average molecular weight is 162 g/mol. The minimum atomic E-state index is -4.47. The Hall–Kier alpha value is -1.00. The second kappa shape index (κ2) is 2.56. The van der Waals surface area contributed by atoms with Gasteiger partial charge >= 0.3 is 6.30 Å². The summed E-state index contributed by atoms with van der Waals surface area (Å²) in [7, 11) is 0. The summed E-state index contributed by atoms with van der Waals surface area (Å²) in [4.78, 5) is 0. The molecule has 0 bridgehead atoms. The topological polar surface area (TPSA) is 17.8 Å². The highest BCUT2D eigenvalue weighted by atomic mass is 19.4. The van der Waals surface area contributed by atoms with E-state index in [0.717, 1.165) is 0 Å². The highest BCUT2D eigenvalue weighted by molar-refractivity contribution is 4.99. The van der Waals surface area contributed by atoms with Gasteiger partial charge in [-0.1, -0.05) is 6.92 Å². The van der Waals surface area contributed by atoms with Crippen molar-refractivity contribution in [1.29, 1.82) is 0 Å². The van der Waals surface area contributed by atoms with Crippen LogP contribution in [0.5, 0.6) is 0 Å². The largest absolute Gasteiger partial charge is 0.505 e. The summed E-state index contributed by atoms with van der Waals surface area (Å²) in [6, 6.07) is 0. The summed E-state index contributed by atoms with van der Waals surface area (Å²) in [5.41, 5.74) is 0.335. The Labute approximate surface area is 61.6 Å². The Morgan fingerprint density at radius 3 is 2.45 bits per heavy atom. The smallest absolute Gasteiger partial charge is 0.168 e. The first-order chi connectivity index (χ1) is 5.04. The molecule has 0 aliphatic carbocycles. The molecule has 0 saturated carbocycles. The van der Waals surface area contributed by atoms with Gasteiger partial charge in [-0.25, -0.2) is 0 Å². The summed E-state index contributed by atoms with van der Waals surface area (Å²) in [6.07, 6.45) is 0.213. The molecule has 60 valence electrons. The molecule has 5 heteroatoms. The van der Waals surface area contributed by atoms with E-state index >= 15 is 0 Å². The van der Waals surface area contributed by atoms with E-state index in [4.69, 9.17) is 0 Å². The SMILES string of the molecule is CCc1[c]nn(C(F)(F)F)[c]1. The zero-order chi connectivity index (χ0) is 8.48. The number of aryl methyl sites for hydroxylation is 1. The van der Waals surface area contributed by atoms with Crippen LogP contribution in [-0.2, 0) is 12.7 Å². The molecule has 1 rings (SSSR count). The predicted molar refractivity (Wildman–Crippen MR) is 30.6 cm³/mol. The van der Waals surface area contributed by atoms with Crippen LogP contribution in [0.1, 0.15) is 12.5 Å². The third-order valence-corrected chi connectivity index (χ3v) is 1.12. The zero-order valence-corrected chi connectivity index (χ0v) is 5.74. The average Bonchev–Trinajstić information content (AvgIpc) is 2.32. The first-order valence-electron chi connectivity index (χ1n) is 3.00. The summed E-state index contributed by atoms with van der Waals surface area (Å²) >= 11 is 0. The van der Waals surface area contributed by atoms with Gasteiger partial charge in [0.25, 0.3) is 0 Å². The standard InChI is InChI=1S/C6H5F3N2/c1-2-5-3-10-11(4-5)6(7,8)9/h2H2,1H3. The molecular formula is C6H5F3N2. The third-order valence-electron chi connectivity index (χ3n) is 1.12. The molecule has 11 heavy (non-hydrogen) atoms. The first-order valence-corrected chi connectivity index (χ1v) is 3.00. The lowest BCUT2D eigenvalue weighted by Crippen LogP contribution is -2.17. The van der Waals surface area contributed by atoms with E-state index in [1.165, 1.54) is 0 Å². The van der Waals surface area contributed by atoms with E-state index < -0.39 is 6.30 Å². The fourth-order valence-corrected chi connectivity index (χ4v) is 0.566. The second-order valence-electron chi connectivity index (χ2n) is 1.94. The Kier molecular flexibility index (Phi) is 1.89. The van der Waals surface area contributed by atoms with Gasteiger partial charge in [0.15, 0.2) is 0 Å². The molecular weight excluding hydrogens is 157 g/mol. The molecule has 0 saturated heterocycles. The maximum absolute atomic E-state index is 11.8. The molecule has 0 unspecified atom stereocenters.